The lowest BCUT2D eigenvalue weighted by Crippen LogP contribution is -2.33. The van der Waals surface area contributed by atoms with Crippen molar-refractivity contribution in [2.45, 2.75) is 32.8 Å². The highest BCUT2D eigenvalue weighted by Crippen LogP contribution is 2.29. The van der Waals surface area contributed by atoms with Gasteiger partial charge in [0.1, 0.15) is 11.4 Å². The summed E-state index contributed by atoms with van der Waals surface area (Å²) in [5.41, 5.74) is 3.47. The highest BCUT2D eigenvalue weighted by Gasteiger charge is 2.16. The van der Waals surface area contributed by atoms with Crippen LogP contribution in [0.1, 0.15) is 37.5 Å². The van der Waals surface area contributed by atoms with Crippen LogP contribution in [0.2, 0.25) is 0 Å². The van der Waals surface area contributed by atoms with Gasteiger partial charge in [-0.15, -0.1) is 0 Å². The van der Waals surface area contributed by atoms with Gasteiger partial charge in [-0.2, -0.15) is 5.26 Å². The number of aromatic amines is 1. The number of carbonyl (C=O) groups excluding carboxylic acids is 1. The molecule has 7 heteroatoms. The van der Waals surface area contributed by atoms with Crippen LogP contribution in [-0.2, 0) is 11.2 Å². The molecule has 0 saturated carbocycles. The maximum atomic E-state index is 11.8. The number of rotatable bonds is 6. The molecule has 2 N–H and O–H groups in total. The molecular formula is C24H26N4O3. The van der Waals surface area contributed by atoms with Crippen LogP contribution in [0.4, 0.5) is 4.79 Å². The Morgan fingerprint density at radius 3 is 2.84 bits per heavy atom. The van der Waals surface area contributed by atoms with E-state index >= 15 is 0 Å². The number of nitrogens with one attached hydrogen (secondary N) is 2. The number of amides is 1. The van der Waals surface area contributed by atoms with Crippen molar-refractivity contribution < 1.29 is 14.3 Å². The largest absolute Gasteiger partial charge is 0.496 e. The molecule has 0 saturated heterocycles. The lowest BCUT2D eigenvalue weighted by molar-refractivity contribution is 0.0528. The molecule has 1 amide bonds. The molecule has 2 aromatic heterocycles. The van der Waals surface area contributed by atoms with Gasteiger partial charge in [-0.05, 0) is 57.0 Å². The van der Waals surface area contributed by atoms with Crippen LogP contribution in [-0.4, -0.2) is 35.3 Å². The second kappa shape index (κ2) is 9.35. The predicted octanol–water partition coefficient (Wildman–Crippen LogP) is 4.70. The monoisotopic (exact) mass is 418 g/mol. The number of methoxy groups -OCH3 is 1. The van der Waals surface area contributed by atoms with Crippen LogP contribution in [0.15, 0.2) is 42.9 Å². The molecule has 2 heterocycles. The smallest absolute Gasteiger partial charge is 0.407 e. The lowest BCUT2D eigenvalue weighted by Gasteiger charge is -2.19. The molecule has 0 aliphatic heterocycles. The number of alkyl carbamates (subject to hydrolysis) is 1. The van der Waals surface area contributed by atoms with Gasteiger partial charge >= 0.3 is 6.09 Å². The number of hydrogen-bond donors (Lipinski definition) is 2. The number of fused-ring (bicyclic) bond motifs is 1. The lowest BCUT2D eigenvalue weighted by atomic mass is 10.0. The summed E-state index contributed by atoms with van der Waals surface area (Å²) in [6, 6.07) is 10.0. The van der Waals surface area contributed by atoms with Crippen molar-refractivity contribution in [1.82, 2.24) is 15.3 Å². The third-order valence-corrected chi connectivity index (χ3v) is 4.57. The maximum absolute atomic E-state index is 11.8. The number of carbonyl (C=O) groups is 1. The molecule has 31 heavy (non-hydrogen) atoms. The number of benzene rings is 1. The van der Waals surface area contributed by atoms with Gasteiger partial charge in [0.15, 0.2) is 0 Å². The number of hydrogen-bond acceptors (Lipinski definition) is 5. The second-order valence-corrected chi connectivity index (χ2v) is 8.05. The maximum Gasteiger partial charge on any atom is 0.407 e. The summed E-state index contributed by atoms with van der Waals surface area (Å²) in [6.45, 7) is 5.94. The highest BCUT2D eigenvalue weighted by atomic mass is 16.6. The zero-order valence-electron chi connectivity index (χ0n) is 18.2. The van der Waals surface area contributed by atoms with E-state index in [2.05, 4.69) is 21.4 Å². The minimum Gasteiger partial charge on any atom is -0.496 e. The van der Waals surface area contributed by atoms with Gasteiger partial charge in [-0.25, -0.2) is 4.79 Å². The number of ether oxygens (including phenoxy) is 2. The minimum absolute atomic E-state index is 0.434. The van der Waals surface area contributed by atoms with E-state index in [-0.39, 0.29) is 0 Å². The molecule has 0 aliphatic rings. The van der Waals surface area contributed by atoms with Crippen molar-refractivity contribution >= 4 is 28.6 Å². The quantitative estimate of drug-likeness (QED) is 0.565. The van der Waals surface area contributed by atoms with Crippen molar-refractivity contribution in [2.24, 2.45) is 0 Å². The van der Waals surface area contributed by atoms with E-state index in [0.29, 0.717) is 24.3 Å². The number of H-pyrrole nitrogens is 1. The Labute approximate surface area is 181 Å². The van der Waals surface area contributed by atoms with E-state index in [1.165, 1.54) is 0 Å². The average Bonchev–Trinajstić information content (AvgIpc) is 3.14. The standard InChI is InChI=1S/C24H26N4O3/c1-24(2,3)31-23(29)27-10-7-16-5-6-21-19(11-16)20(15-28-21)17(13-25)12-18-14-26-9-8-22(18)30-4/h5-6,8-9,11-12,14-15,28H,7,10H2,1-4H3,(H,27,29)/b17-12+. The van der Waals surface area contributed by atoms with Crippen molar-refractivity contribution in [1.29, 1.82) is 5.26 Å². The van der Waals surface area contributed by atoms with Crippen molar-refractivity contribution in [3.05, 3.63) is 59.5 Å². The van der Waals surface area contributed by atoms with Gasteiger partial charge in [0.05, 0.1) is 18.8 Å². The normalized spacial score (nSPS) is 11.8. The molecule has 160 valence electrons. The molecule has 0 radical (unpaired) electrons. The number of allylic oxidation sites excluding steroid dienone is 1. The first kappa shape index (κ1) is 21.9. The van der Waals surface area contributed by atoms with Crippen LogP contribution in [0.3, 0.4) is 0 Å². The van der Waals surface area contributed by atoms with Crippen LogP contribution < -0.4 is 10.1 Å². The van der Waals surface area contributed by atoms with Crippen LogP contribution in [0.5, 0.6) is 5.75 Å². The highest BCUT2D eigenvalue weighted by molar-refractivity contribution is 6.01. The predicted molar refractivity (Wildman–Crippen MR) is 121 cm³/mol. The van der Waals surface area contributed by atoms with Gasteiger partial charge in [0.2, 0.25) is 0 Å². The third kappa shape index (κ3) is 5.64. The Bertz CT molecular complexity index is 1150. The topological polar surface area (TPSA) is 100 Å². The third-order valence-electron chi connectivity index (χ3n) is 4.57. The van der Waals surface area contributed by atoms with Crippen LogP contribution in [0, 0.1) is 11.3 Å². The number of aromatic nitrogens is 2. The molecule has 0 spiro atoms. The Balaban J connectivity index is 1.82. The molecule has 3 aromatic rings. The Kier molecular flexibility index (Phi) is 6.61. The fourth-order valence-electron chi connectivity index (χ4n) is 3.18. The van der Waals surface area contributed by atoms with E-state index in [9.17, 15) is 10.1 Å². The van der Waals surface area contributed by atoms with Gasteiger partial charge < -0.3 is 19.8 Å². The molecule has 0 atom stereocenters. The molecular weight excluding hydrogens is 392 g/mol. The zero-order chi connectivity index (χ0) is 22.4. The summed E-state index contributed by atoms with van der Waals surface area (Å²) in [5, 5.41) is 13.5. The van der Waals surface area contributed by atoms with Gasteiger partial charge in [-0.1, -0.05) is 6.07 Å². The summed E-state index contributed by atoms with van der Waals surface area (Å²) in [4.78, 5) is 19.2. The molecule has 7 nitrogen and oxygen atoms in total. The molecule has 0 aliphatic carbocycles. The fraction of sp³-hybridized carbons (Fsp3) is 0.292. The summed E-state index contributed by atoms with van der Waals surface area (Å²) in [6.07, 6.45) is 7.11. The minimum atomic E-state index is -0.528. The second-order valence-electron chi connectivity index (χ2n) is 8.05. The number of nitriles is 1. The summed E-state index contributed by atoms with van der Waals surface area (Å²) in [5.74, 6) is 0.650. The van der Waals surface area contributed by atoms with E-state index in [1.54, 1.807) is 31.6 Å². The summed E-state index contributed by atoms with van der Waals surface area (Å²) in [7, 11) is 1.59. The Hall–Kier alpha value is -3.79. The van der Waals surface area contributed by atoms with E-state index in [0.717, 1.165) is 27.6 Å². The fourth-order valence-corrected chi connectivity index (χ4v) is 3.18. The number of pyridine rings is 1. The van der Waals surface area contributed by atoms with Gasteiger partial charge in [-0.3, -0.25) is 4.98 Å². The first-order valence-electron chi connectivity index (χ1n) is 9.98. The Morgan fingerprint density at radius 1 is 1.32 bits per heavy atom. The van der Waals surface area contributed by atoms with E-state index < -0.39 is 11.7 Å². The van der Waals surface area contributed by atoms with Crippen molar-refractivity contribution in [3.63, 3.8) is 0 Å². The average molecular weight is 418 g/mol. The van der Waals surface area contributed by atoms with Crippen molar-refractivity contribution in [3.8, 4) is 11.8 Å². The van der Waals surface area contributed by atoms with Gasteiger partial charge in [0.25, 0.3) is 0 Å². The SMILES string of the molecule is COc1ccncc1/C=C(\C#N)c1c[nH]c2ccc(CCNC(=O)OC(C)(C)C)cc12. The first-order valence-corrected chi connectivity index (χ1v) is 9.98. The first-order chi connectivity index (χ1) is 14.8. The van der Waals surface area contributed by atoms with E-state index in [4.69, 9.17) is 9.47 Å². The summed E-state index contributed by atoms with van der Waals surface area (Å²) >= 11 is 0. The van der Waals surface area contributed by atoms with Crippen LogP contribution in [0.25, 0.3) is 22.6 Å². The molecule has 1 aromatic carbocycles. The zero-order valence-corrected chi connectivity index (χ0v) is 18.2. The summed E-state index contributed by atoms with van der Waals surface area (Å²) < 4.78 is 10.6. The van der Waals surface area contributed by atoms with E-state index in [1.807, 2.05) is 45.2 Å². The van der Waals surface area contributed by atoms with Crippen LogP contribution >= 0.6 is 0 Å². The van der Waals surface area contributed by atoms with Gasteiger partial charge in [0, 0.05) is 47.2 Å². The molecule has 0 bridgehead atoms. The van der Waals surface area contributed by atoms with Crippen molar-refractivity contribution in [2.75, 3.05) is 13.7 Å². The molecule has 0 unspecified atom stereocenters. The molecule has 0 fully saturated rings. The number of nitrogens with zero attached hydrogens (tertiary/aromatic N) is 2. The Morgan fingerprint density at radius 2 is 2.13 bits per heavy atom. The molecule has 3 rings (SSSR count).